The van der Waals surface area contributed by atoms with Crippen molar-refractivity contribution in [3.05, 3.63) is 59.2 Å². The van der Waals surface area contributed by atoms with Gasteiger partial charge in [-0.1, -0.05) is 41.3 Å². The van der Waals surface area contributed by atoms with Crippen LogP contribution in [0.4, 0.5) is 5.13 Å². The summed E-state index contributed by atoms with van der Waals surface area (Å²) in [5.41, 5.74) is 5.22. The van der Waals surface area contributed by atoms with Crippen molar-refractivity contribution in [1.29, 1.82) is 0 Å². The molecule has 1 amide bonds. The smallest absolute Gasteiger partial charge is 0.338 e. The summed E-state index contributed by atoms with van der Waals surface area (Å²) < 4.78 is 7.87. The number of pyridine rings is 1. The number of esters is 1. The van der Waals surface area contributed by atoms with Gasteiger partial charge < -0.3 is 10.1 Å². The molecule has 178 valence electrons. The third-order valence-electron chi connectivity index (χ3n) is 5.67. The first-order chi connectivity index (χ1) is 16.9. The standard InChI is InChI=1S/C25H23N5O3S2/c1-5-33-23(32)16-9-10-18-19(12-16)35-24(26-18)27-22(31)15(4)34-25-29-28-20-11-14(3)17-8-6-7-13(2)21(17)30(20)25/h6-12,15H,5H2,1-4H3,(H,26,27,31). The Morgan fingerprint density at radius 3 is 2.77 bits per heavy atom. The molecule has 0 spiro atoms. The Hall–Kier alpha value is -3.50. The van der Waals surface area contributed by atoms with Gasteiger partial charge in [-0.15, -0.1) is 10.2 Å². The summed E-state index contributed by atoms with van der Waals surface area (Å²) in [5, 5.41) is 13.4. The van der Waals surface area contributed by atoms with Crippen molar-refractivity contribution < 1.29 is 14.3 Å². The second kappa shape index (κ2) is 9.27. The summed E-state index contributed by atoms with van der Waals surface area (Å²) in [6.07, 6.45) is 0. The first kappa shape index (κ1) is 23.3. The highest BCUT2D eigenvalue weighted by molar-refractivity contribution is 8.00. The van der Waals surface area contributed by atoms with Gasteiger partial charge in [-0.2, -0.15) is 0 Å². The molecular formula is C25H23N5O3S2. The molecule has 0 radical (unpaired) electrons. The molecule has 8 nitrogen and oxygen atoms in total. The Morgan fingerprint density at radius 2 is 1.97 bits per heavy atom. The second-order valence-corrected chi connectivity index (χ2v) is 10.5. The van der Waals surface area contributed by atoms with Crippen molar-refractivity contribution in [2.75, 3.05) is 11.9 Å². The first-order valence-electron chi connectivity index (χ1n) is 11.1. The maximum absolute atomic E-state index is 13.0. The zero-order chi connectivity index (χ0) is 24.7. The highest BCUT2D eigenvalue weighted by Crippen LogP contribution is 2.31. The molecule has 1 unspecified atom stereocenters. The number of aromatic nitrogens is 4. The highest BCUT2D eigenvalue weighted by Gasteiger charge is 2.21. The minimum atomic E-state index is -0.440. The number of ether oxygens (including phenoxy) is 1. The Morgan fingerprint density at radius 1 is 1.14 bits per heavy atom. The Kier molecular flexibility index (Phi) is 6.16. The van der Waals surface area contributed by atoms with Gasteiger partial charge in [-0.05, 0) is 63.1 Å². The number of carbonyl (C=O) groups excluding carboxylic acids is 2. The molecule has 0 aliphatic heterocycles. The molecule has 3 aromatic heterocycles. The van der Waals surface area contributed by atoms with Crippen molar-refractivity contribution in [3.63, 3.8) is 0 Å². The fourth-order valence-corrected chi connectivity index (χ4v) is 5.71. The largest absolute Gasteiger partial charge is 0.462 e. The van der Waals surface area contributed by atoms with Gasteiger partial charge in [0.15, 0.2) is 15.9 Å². The van der Waals surface area contributed by atoms with Crippen LogP contribution in [0.1, 0.15) is 35.3 Å². The SMILES string of the molecule is CCOC(=O)c1ccc2nc(NC(=O)C(C)Sc3nnc4cc(C)c5cccc(C)c5n34)sc2c1. The van der Waals surface area contributed by atoms with Gasteiger partial charge >= 0.3 is 5.97 Å². The van der Waals surface area contributed by atoms with E-state index in [9.17, 15) is 9.59 Å². The van der Waals surface area contributed by atoms with Crippen LogP contribution in [0, 0.1) is 13.8 Å². The molecule has 1 N–H and O–H groups in total. The lowest BCUT2D eigenvalue weighted by Crippen LogP contribution is -2.22. The number of rotatable bonds is 6. The molecule has 1 atom stereocenters. The lowest BCUT2D eigenvalue weighted by atomic mass is 10.1. The van der Waals surface area contributed by atoms with E-state index in [4.69, 9.17) is 4.74 Å². The number of fused-ring (bicyclic) bond motifs is 4. The molecular weight excluding hydrogens is 482 g/mol. The van der Waals surface area contributed by atoms with E-state index in [-0.39, 0.29) is 11.9 Å². The summed E-state index contributed by atoms with van der Waals surface area (Å²) >= 11 is 2.66. The molecule has 0 bridgehead atoms. The summed E-state index contributed by atoms with van der Waals surface area (Å²) in [5.74, 6) is -0.568. The number of thioether (sulfide) groups is 1. The van der Waals surface area contributed by atoms with E-state index in [2.05, 4.69) is 46.5 Å². The van der Waals surface area contributed by atoms with Gasteiger partial charge in [0.1, 0.15) is 0 Å². The van der Waals surface area contributed by atoms with E-state index in [0.29, 0.717) is 28.0 Å². The normalized spacial score (nSPS) is 12.3. The topological polar surface area (TPSA) is 98.5 Å². The monoisotopic (exact) mass is 505 g/mol. The summed E-state index contributed by atoms with van der Waals surface area (Å²) in [6.45, 7) is 8.03. The molecule has 0 aliphatic rings. The highest BCUT2D eigenvalue weighted by atomic mass is 32.2. The van der Waals surface area contributed by atoms with Gasteiger partial charge in [0, 0.05) is 5.39 Å². The van der Waals surface area contributed by atoms with E-state index >= 15 is 0 Å². The number of hydrogen-bond donors (Lipinski definition) is 1. The van der Waals surface area contributed by atoms with Crippen LogP contribution < -0.4 is 5.32 Å². The second-order valence-electron chi connectivity index (χ2n) is 8.15. The van der Waals surface area contributed by atoms with E-state index in [1.165, 1.54) is 23.1 Å². The number of benzene rings is 2. The zero-order valence-electron chi connectivity index (χ0n) is 19.7. The number of para-hydroxylation sites is 1. The molecule has 3 heterocycles. The van der Waals surface area contributed by atoms with Crippen LogP contribution in [-0.4, -0.2) is 43.3 Å². The van der Waals surface area contributed by atoms with Crippen molar-refractivity contribution in [3.8, 4) is 0 Å². The van der Waals surface area contributed by atoms with Crippen LogP contribution in [0.5, 0.6) is 0 Å². The fraction of sp³-hybridized carbons (Fsp3) is 0.240. The van der Waals surface area contributed by atoms with Crippen LogP contribution in [-0.2, 0) is 9.53 Å². The van der Waals surface area contributed by atoms with Crippen LogP contribution in [0.15, 0.2) is 47.6 Å². The quantitative estimate of drug-likeness (QED) is 0.243. The maximum atomic E-state index is 13.0. The minimum absolute atomic E-state index is 0.190. The Bertz CT molecular complexity index is 1610. The van der Waals surface area contributed by atoms with Gasteiger partial charge in [0.05, 0.1) is 33.2 Å². The fourth-order valence-electron chi connectivity index (χ4n) is 3.94. The maximum Gasteiger partial charge on any atom is 0.338 e. The summed E-state index contributed by atoms with van der Waals surface area (Å²) in [7, 11) is 0. The van der Waals surface area contributed by atoms with Crippen LogP contribution in [0.2, 0.25) is 0 Å². The average Bonchev–Trinajstić information content (AvgIpc) is 3.42. The number of anilines is 1. The lowest BCUT2D eigenvalue weighted by molar-refractivity contribution is -0.115. The summed E-state index contributed by atoms with van der Waals surface area (Å²) in [6, 6.07) is 13.4. The van der Waals surface area contributed by atoms with Gasteiger partial charge in [-0.3, -0.25) is 9.20 Å². The number of nitrogens with zero attached hydrogens (tertiary/aromatic N) is 4. The number of amides is 1. The van der Waals surface area contributed by atoms with Crippen LogP contribution >= 0.6 is 23.1 Å². The van der Waals surface area contributed by atoms with Crippen molar-refractivity contribution >= 4 is 66.9 Å². The lowest BCUT2D eigenvalue weighted by Gasteiger charge is -2.12. The van der Waals surface area contributed by atoms with Crippen molar-refractivity contribution in [1.82, 2.24) is 19.6 Å². The third-order valence-corrected chi connectivity index (χ3v) is 7.65. The predicted molar refractivity (Wildman–Crippen MR) is 139 cm³/mol. The van der Waals surface area contributed by atoms with E-state index in [1.54, 1.807) is 25.1 Å². The van der Waals surface area contributed by atoms with Crippen LogP contribution in [0.25, 0.3) is 26.8 Å². The molecule has 0 saturated heterocycles. The predicted octanol–water partition coefficient (Wildman–Crippen LogP) is 5.41. The average molecular weight is 506 g/mol. The molecule has 5 rings (SSSR count). The number of nitrogens with one attached hydrogen (secondary N) is 1. The molecule has 0 aliphatic carbocycles. The van der Waals surface area contributed by atoms with Gasteiger partial charge in [-0.25, -0.2) is 9.78 Å². The first-order valence-corrected chi connectivity index (χ1v) is 12.8. The number of aryl methyl sites for hydroxylation is 2. The number of thiazole rings is 1. The number of hydrogen-bond acceptors (Lipinski definition) is 8. The third kappa shape index (κ3) is 4.35. The molecule has 0 fully saturated rings. The molecule has 35 heavy (non-hydrogen) atoms. The zero-order valence-corrected chi connectivity index (χ0v) is 21.3. The Labute approximate surface area is 209 Å². The molecule has 10 heteroatoms. The number of carbonyl (C=O) groups is 2. The van der Waals surface area contributed by atoms with E-state index < -0.39 is 5.25 Å². The van der Waals surface area contributed by atoms with Crippen LogP contribution in [0.3, 0.4) is 0 Å². The Balaban J connectivity index is 1.38. The summed E-state index contributed by atoms with van der Waals surface area (Å²) in [4.78, 5) is 29.5. The minimum Gasteiger partial charge on any atom is -0.462 e. The van der Waals surface area contributed by atoms with E-state index in [1.807, 2.05) is 23.5 Å². The van der Waals surface area contributed by atoms with E-state index in [0.717, 1.165) is 32.4 Å². The van der Waals surface area contributed by atoms with Crippen molar-refractivity contribution in [2.24, 2.45) is 0 Å². The van der Waals surface area contributed by atoms with Crippen molar-refractivity contribution in [2.45, 2.75) is 38.1 Å². The molecule has 0 saturated carbocycles. The molecule has 5 aromatic rings. The van der Waals surface area contributed by atoms with Gasteiger partial charge in [0.25, 0.3) is 0 Å². The molecule has 2 aromatic carbocycles. The van der Waals surface area contributed by atoms with Gasteiger partial charge in [0.2, 0.25) is 5.91 Å².